The number of hydrogen-bond acceptors (Lipinski definition) is 4. The molecule has 94 valence electrons. The molecule has 5 nitrogen and oxygen atoms in total. The molecule has 0 radical (unpaired) electrons. The Morgan fingerprint density at radius 1 is 1.50 bits per heavy atom. The number of amidine groups is 1. The molecule has 0 bridgehead atoms. The Morgan fingerprint density at radius 2 is 2.19 bits per heavy atom. The predicted octanol–water partition coefficient (Wildman–Crippen LogP) is 0.871. The highest BCUT2D eigenvalue weighted by Crippen LogP contribution is 2.16. The van der Waals surface area contributed by atoms with Crippen molar-refractivity contribution in [3.05, 3.63) is 0 Å². The molecule has 1 fully saturated rings. The Balaban J connectivity index is 2.36. The summed E-state index contributed by atoms with van der Waals surface area (Å²) in [5, 5.41) is 11.6. The minimum absolute atomic E-state index is 0.292. The molecule has 0 aliphatic carbocycles. The number of ether oxygens (including phenoxy) is 1. The summed E-state index contributed by atoms with van der Waals surface area (Å²) in [5.74, 6) is 0.979. The first-order valence-corrected chi connectivity index (χ1v) is 6.02. The summed E-state index contributed by atoms with van der Waals surface area (Å²) >= 11 is 0. The topological polar surface area (TPSA) is 71.1 Å². The third-order valence-corrected chi connectivity index (χ3v) is 2.91. The lowest BCUT2D eigenvalue weighted by Crippen LogP contribution is -2.39. The molecule has 1 saturated heterocycles. The average Bonchev–Trinajstić information content (AvgIpc) is 2.30. The molecule has 0 saturated carbocycles. The van der Waals surface area contributed by atoms with Crippen molar-refractivity contribution in [1.82, 2.24) is 4.90 Å². The lowest BCUT2D eigenvalue weighted by molar-refractivity contribution is 0.0544. The van der Waals surface area contributed by atoms with Crippen molar-refractivity contribution in [2.75, 3.05) is 32.8 Å². The summed E-state index contributed by atoms with van der Waals surface area (Å²) < 4.78 is 5.34. The number of rotatable bonds is 6. The third-order valence-electron chi connectivity index (χ3n) is 2.91. The zero-order valence-corrected chi connectivity index (χ0v) is 10.1. The fraction of sp³-hybridized carbons (Fsp3) is 0.909. The van der Waals surface area contributed by atoms with Crippen molar-refractivity contribution in [2.24, 2.45) is 16.8 Å². The van der Waals surface area contributed by atoms with Crippen LogP contribution in [0.4, 0.5) is 0 Å². The van der Waals surface area contributed by atoms with Crippen molar-refractivity contribution in [3.63, 3.8) is 0 Å². The molecule has 0 unspecified atom stereocenters. The van der Waals surface area contributed by atoms with Gasteiger partial charge in [-0.25, -0.2) is 0 Å². The van der Waals surface area contributed by atoms with Crippen LogP contribution in [0.3, 0.4) is 0 Å². The molecular weight excluding hydrogens is 206 g/mol. The van der Waals surface area contributed by atoms with Crippen LogP contribution in [-0.4, -0.2) is 48.8 Å². The maximum absolute atomic E-state index is 8.57. The normalized spacial score (nSPS) is 19.2. The van der Waals surface area contributed by atoms with Gasteiger partial charge < -0.3 is 15.7 Å². The molecule has 0 spiro atoms. The molecule has 1 rings (SSSR count). The fourth-order valence-electron chi connectivity index (χ4n) is 2.11. The van der Waals surface area contributed by atoms with Gasteiger partial charge in [-0.3, -0.25) is 4.90 Å². The van der Waals surface area contributed by atoms with Gasteiger partial charge in [-0.1, -0.05) is 12.1 Å². The molecule has 0 amide bonds. The number of nitrogens with two attached hydrogens (primary N) is 1. The second-order valence-corrected chi connectivity index (χ2v) is 4.38. The van der Waals surface area contributed by atoms with Gasteiger partial charge in [0, 0.05) is 19.8 Å². The van der Waals surface area contributed by atoms with Gasteiger partial charge >= 0.3 is 0 Å². The van der Waals surface area contributed by atoms with Crippen LogP contribution >= 0.6 is 0 Å². The summed E-state index contributed by atoms with van der Waals surface area (Å²) in [5.41, 5.74) is 5.54. The van der Waals surface area contributed by atoms with E-state index in [1.54, 1.807) is 0 Å². The highest BCUT2D eigenvalue weighted by Gasteiger charge is 2.17. The van der Waals surface area contributed by atoms with Crippen LogP contribution in [0.1, 0.15) is 26.2 Å². The van der Waals surface area contributed by atoms with Gasteiger partial charge in [0.05, 0.1) is 6.54 Å². The second-order valence-electron chi connectivity index (χ2n) is 4.38. The van der Waals surface area contributed by atoms with E-state index < -0.39 is 0 Å². The van der Waals surface area contributed by atoms with Crippen molar-refractivity contribution < 1.29 is 9.94 Å². The maximum atomic E-state index is 8.57. The van der Waals surface area contributed by atoms with E-state index in [9.17, 15) is 0 Å². The lowest BCUT2D eigenvalue weighted by atomic mass is 9.99. The predicted molar refractivity (Wildman–Crippen MR) is 63.7 cm³/mol. The van der Waals surface area contributed by atoms with E-state index in [0.717, 1.165) is 45.6 Å². The molecule has 1 aliphatic rings. The fourth-order valence-corrected chi connectivity index (χ4v) is 2.11. The van der Waals surface area contributed by atoms with Crippen molar-refractivity contribution >= 4 is 5.84 Å². The van der Waals surface area contributed by atoms with Gasteiger partial charge in [0.1, 0.15) is 0 Å². The molecule has 1 heterocycles. The molecule has 0 aromatic rings. The Kier molecular flexibility index (Phi) is 6.18. The van der Waals surface area contributed by atoms with Gasteiger partial charge in [0.2, 0.25) is 0 Å². The Hall–Kier alpha value is -0.810. The monoisotopic (exact) mass is 229 g/mol. The number of oxime groups is 1. The van der Waals surface area contributed by atoms with E-state index >= 15 is 0 Å². The summed E-state index contributed by atoms with van der Waals surface area (Å²) in [6.07, 6.45) is 3.33. The SMILES string of the molecule is CCCN(CC(N)=NO)CC1CCOCC1. The average molecular weight is 229 g/mol. The van der Waals surface area contributed by atoms with Crippen LogP contribution in [0, 0.1) is 5.92 Å². The van der Waals surface area contributed by atoms with E-state index in [4.69, 9.17) is 15.7 Å². The number of hydrogen-bond donors (Lipinski definition) is 2. The standard InChI is InChI=1S/C11H23N3O2/c1-2-5-14(9-11(12)13-15)8-10-3-6-16-7-4-10/h10,15H,2-9H2,1H3,(H2,12,13). The Labute approximate surface area is 97.2 Å². The van der Waals surface area contributed by atoms with Gasteiger partial charge in [0.15, 0.2) is 5.84 Å². The maximum Gasteiger partial charge on any atom is 0.153 e. The minimum Gasteiger partial charge on any atom is -0.409 e. The molecular formula is C11H23N3O2. The molecule has 3 N–H and O–H groups in total. The van der Waals surface area contributed by atoms with Crippen LogP contribution < -0.4 is 5.73 Å². The van der Waals surface area contributed by atoms with Crippen molar-refractivity contribution in [1.29, 1.82) is 0 Å². The van der Waals surface area contributed by atoms with Gasteiger partial charge in [-0.2, -0.15) is 0 Å². The molecule has 0 atom stereocenters. The lowest BCUT2D eigenvalue weighted by Gasteiger charge is -2.29. The number of nitrogens with zero attached hydrogens (tertiary/aromatic N) is 2. The Morgan fingerprint density at radius 3 is 2.75 bits per heavy atom. The second kappa shape index (κ2) is 7.46. The molecule has 16 heavy (non-hydrogen) atoms. The smallest absolute Gasteiger partial charge is 0.153 e. The Bertz CT molecular complexity index is 215. The highest BCUT2D eigenvalue weighted by atomic mass is 16.5. The van der Waals surface area contributed by atoms with Crippen molar-refractivity contribution in [3.8, 4) is 0 Å². The van der Waals surface area contributed by atoms with Crippen LogP contribution in [0.25, 0.3) is 0 Å². The van der Waals surface area contributed by atoms with Crippen LogP contribution in [0.5, 0.6) is 0 Å². The summed E-state index contributed by atoms with van der Waals surface area (Å²) in [6.45, 7) is 6.45. The summed E-state index contributed by atoms with van der Waals surface area (Å²) in [7, 11) is 0. The van der Waals surface area contributed by atoms with Crippen LogP contribution in [-0.2, 0) is 4.74 Å². The van der Waals surface area contributed by atoms with E-state index in [2.05, 4.69) is 17.0 Å². The van der Waals surface area contributed by atoms with E-state index in [0.29, 0.717) is 18.3 Å². The highest BCUT2D eigenvalue weighted by molar-refractivity contribution is 5.81. The first-order chi connectivity index (χ1) is 7.76. The van der Waals surface area contributed by atoms with E-state index in [-0.39, 0.29) is 0 Å². The third kappa shape index (κ3) is 4.81. The van der Waals surface area contributed by atoms with Crippen LogP contribution in [0.2, 0.25) is 0 Å². The summed E-state index contributed by atoms with van der Waals surface area (Å²) in [6, 6.07) is 0. The van der Waals surface area contributed by atoms with Gasteiger partial charge in [-0.15, -0.1) is 0 Å². The molecule has 1 aliphatic heterocycles. The zero-order chi connectivity index (χ0) is 11.8. The largest absolute Gasteiger partial charge is 0.409 e. The first-order valence-electron chi connectivity index (χ1n) is 6.02. The molecule has 0 aromatic heterocycles. The van der Waals surface area contributed by atoms with Crippen molar-refractivity contribution in [2.45, 2.75) is 26.2 Å². The summed E-state index contributed by atoms with van der Waals surface area (Å²) in [4.78, 5) is 2.26. The van der Waals surface area contributed by atoms with Gasteiger partial charge in [0.25, 0.3) is 0 Å². The molecule has 0 aromatic carbocycles. The minimum atomic E-state index is 0.292. The molecule has 5 heteroatoms. The van der Waals surface area contributed by atoms with Gasteiger partial charge in [-0.05, 0) is 31.7 Å². The van der Waals surface area contributed by atoms with E-state index in [1.807, 2.05) is 0 Å². The zero-order valence-electron chi connectivity index (χ0n) is 10.1. The first kappa shape index (κ1) is 13.3. The van der Waals surface area contributed by atoms with Crippen LogP contribution in [0.15, 0.2) is 5.16 Å². The van der Waals surface area contributed by atoms with E-state index in [1.165, 1.54) is 0 Å². The quantitative estimate of drug-likeness (QED) is 0.307.